The topological polar surface area (TPSA) is 35.2 Å². The zero-order chi connectivity index (χ0) is 13.8. The van der Waals surface area contributed by atoms with Gasteiger partial charge in [-0.05, 0) is 36.2 Å². The number of ether oxygens (including phenoxy) is 1. The minimum absolute atomic E-state index is 0.286. The molecule has 2 aromatic carbocycles. The molecule has 0 aliphatic carbocycles. The smallest absolute Gasteiger partial charge is 0.128 e. The Labute approximate surface area is 120 Å². The van der Waals surface area contributed by atoms with E-state index in [9.17, 15) is 4.39 Å². The van der Waals surface area contributed by atoms with Crippen LogP contribution in [0.5, 0.6) is 5.75 Å². The molecule has 0 aliphatic heterocycles. The van der Waals surface area contributed by atoms with Crippen molar-refractivity contribution >= 4 is 15.9 Å². The molecule has 0 heterocycles. The average molecular weight is 324 g/mol. The fraction of sp³-hybridized carbons (Fsp3) is 0.200. The van der Waals surface area contributed by atoms with Crippen molar-refractivity contribution in [2.75, 3.05) is 7.11 Å². The van der Waals surface area contributed by atoms with Crippen molar-refractivity contribution in [2.24, 2.45) is 5.73 Å². The van der Waals surface area contributed by atoms with E-state index >= 15 is 0 Å². The molecular weight excluding hydrogens is 309 g/mol. The molecule has 2 nitrogen and oxygen atoms in total. The van der Waals surface area contributed by atoms with Gasteiger partial charge in [-0.2, -0.15) is 0 Å². The van der Waals surface area contributed by atoms with Gasteiger partial charge >= 0.3 is 0 Å². The molecule has 100 valence electrons. The normalized spacial score (nSPS) is 12.2. The zero-order valence-electron chi connectivity index (χ0n) is 10.6. The molecule has 4 heteroatoms. The number of rotatable bonds is 4. The molecule has 0 amide bonds. The predicted octanol–water partition coefficient (Wildman–Crippen LogP) is 3.84. The summed E-state index contributed by atoms with van der Waals surface area (Å²) >= 11 is 3.33. The van der Waals surface area contributed by atoms with Crippen LogP contribution in [0, 0.1) is 5.82 Å². The summed E-state index contributed by atoms with van der Waals surface area (Å²) in [7, 11) is 1.62. The minimum atomic E-state index is -0.409. The maximum Gasteiger partial charge on any atom is 0.128 e. The maximum absolute atomic E-state index is 13.8. The van der Waals surface area contributed by atoms with Crippen molar-refractivity contribution in [3.63, 3.8) is 0 Å². The Morgan fingerprint density at radius 2 is 2.00 bits per heavy atom. The summed E-state index contributed by atoms with van der Waals surface area (Å²) in [5.74, 6) is 0.485. The van der Waals surface area contributed by atoms with Crippen molar-refractivity contribution in [1.29, 1.82) is 0 Å². The predicted molar refractivity (Wildman–Crippen MR) is 77.7 cm³/mol. The number of methoxy groups -OCH3 is 1. The van der Waals surface area contributed by atoms with E-state index < -0.39 is 6.04 Å². The van der Waals surface area contributed by atoms with E-state index in [2.05, 4.69) is 15.9 Å². The molecule has 2 rings (SSSR count). The third kappa shape index (κ3) is 3.33. The van der Waals surface area contributed by atoms with Crippen LogP contribution >= 0.6 is 15.9 Å². The van der Waals surface area contributed by atoms with E-state index in [-0.39, 0.29) is 5.82 Å². The molecule has 1 unspecified atom stereocenters. The Morgan fingerprint density at radius 1 is 1.26 bits per heavy atom. The highest BCUT2D eigenvalue weighted by molar-refractivity contribution is 9.10. The van der Waals surface area contributed by atoms with E-state index in [1.807, 2.05) is 24.3 Å². The second-order valence-electron chi connectivity index (χ2n) is 4.29. The molecule has 0 aromatic heterocycles. The molecule has 19 heavy (non-hydrogen) atoms. The van der Waals surface area contributed by atoms with Gasteiger partial charge < -0.3 is 10.5 Å². The summed E-state index contributed by atoms with van der Waals surface area (Å²) in [5.41, 5.74) is 7.57. The van der Waals surface area contributed by atoms with E-state index in [0.717, 1.165) is 15.8 Å². The Morgan fingerprint density at radius 3 is 2.74 bits per heavy atom. The van der Waals surface area contributed by atoms with Gasteiger partial charge in [0.1, 0.15) is 11.6 Å². The molecule has 0 saturated carbocycles. The molecule has 0 fully saturated rings. The molecule has 0 saturated heterocycles. The van der Waals surface area contributed by atoms with Crippen LogP contribution < -0.4 is 10.5 Å². The van der Waals surface area contributed by atoms with Crippen LogP contribution in [0.25, 0.3) is 0 Å². The lowest BCUT2D eigenvalue weighted by Crippen LogP contribution is -2.15. The monoisotopic (exact) mass is 323 g/mol. The van der Waals surface area contributed by atoms with Gasteiger partial charge in [0, 0.05) is 16.1 Å². The molecular formula is C15H15BrFNO. The van der Waals surface area contributed by atoms with Crippen molar-refractivity contribution in [2.45, 2.75) is 12.5 Å². The molecule has 0 spiro atoms. The van der Waals surface area contributed by atoms with Crippen molar-refractivity contribution in [1.82, 2.24) is 0 Å². The average Bonchev–Trinajstić information content (AvgIpc) is 2.42. The maximum atomic E-state index is 13.8. The van der Waals surface area contributed by atoms with Gasteiger partial charge in [0.25, 0.3) is 0 Å². The summed E-state index contributed by atoms with van der Waals surface area (Å²) < 4.78 is 19.9. The second-order valence-corrected chi connectivity index (χ2v) is 5.20. The third-order valence-corrected chi connectivity index (χ3v) is 3.48. The van der Waals surface area contributed by atoms with Gasteiger partial charge in [0.2, 0.25) is 0 Å². The van der Waals surface area contributed by atoms with Crippen molar-refractivity contribution in [3.8, 4) is 5.75 Å². The third-order valence-electron chi connectivity index (χ3n) is 2.99. The Bertz CT molecular complexity index is 574. The van der Waals surface area contributed by atoms with E-state index in [0.29, 0.717) is 12.0 Å². The molecule has 0 aliphatic rings. The molecule has 0 radical (unpaired) electrons. The summed E-state index contributed by atoms with van der Waals surface area (Å²) in [6.45, 7) is 0. The van der Waals surface area contributed by atoms with Crippen LogP contribution in [0.1, 0.15) is 17.2 Å². The number of hydrogen-bond donors (Lipinski definition) is 1. The molecule has 0 bridgehead atoms. The van der Waals surface area contributed by atoms with Crippen molar-refractivity contribution in [3.05, 3.63) is 63.9 Å². The molecule has 1 atom stereocenters. The summed E-state index contributed by atoms with van der Waals surface area (Å²) in [6.07, 6.45) is 0.525. The van der Waals surface area contributed by atoms with Crippen LogP contribution in [0.2, 0.25) is 0 Å². The highest BCUT2D eigenvalue weighted by Crippen LogP contribution is 2.26. The number of halogens is 2. The Kier molecular flexibility index (Phi) is 4.56. The van der Waals surface area contributed by atoms with Gasteiger partial charge in [-0.25, -0.2) is 4.39 Å². The van der Waals surface area contributed by atoms with Crippen LogP contribution in [0.15, 0.2) is 46.9 Å². The van der Waals surface area contributed by atoms with E-state index in [4.69, 9.17) is 10.5 Å². The Balaban J connectivity index is 2.25. The SMILES string of the molecule is COc1ccccc1CC(N)c1cc(Br)ccc1F. The first-order chi connectivity index (χ1) is 9.11. The lowest BCUT2D eigenvalue weighted by atomic mass is 9.98. The fourth-order valence-corrected chi connectivity index (χ4v) is 2.40. The summed E-state index contributed by atoms with van der Waals surface area (Å²) in [6, 6.07) is 12.0. The quantitative estimate of drug-likeness (QED) is 0.927. The van der Waals surface area contributed by atoms with E-state index in [1.165, 1.54) is 6.07 Å². The van der Waals surface area contributed by atoms with Crippen LogP contribution in [0.4, 0.5) is 4.39 Å². The van der Waals surface area contributed by atoms with Crippen molar-refractivity contribution < 1.29 is 9.13 Å². The number of nitrogens with two attached hydrogens (primary N) is 1. The molecule has 2 N–H and O–H groups in total. The highest BCUT2D eigenvalue weighted by atomic mass is 79.9. The zero-order valence-corrected chi connectivity index (χ0v) is 12.2. The minimum Gasteiger partial charge on any atom is -0.496 e. The number of hydrogen-bond acceptors (Lipinski definition) is 2. The standard InChI is InChI=1S/C15H15BrFNO/c1-19-15-5-3-2-4-10(15)8-14(18)12-9-11(16)6-7-13(12)17/h2-7,9,14H,8,18H2,1H3. The highest BCUT2D eigenvalue weighted by Gasteiger charge is 2.14. The largest absolute Gasteiger partial charge is 0.496 e. The van der Waals surface area contributed by atoms with Crippen LogP contribution in [0.3, 0.4) is 0 Å². The number of benzene rings is 2. The fourth-order valence-electron chi connectivity index (χ4n) is 2.02. The van der Waals surface area contributed by atoms with Gasteiger partial charge in [0.05, 0.1) is 7.11 Å². The second kappa shape index (κ2) is 6.17. The lowest BCUT2D eigenvalue weighted by molar-refractivity contribution is 0.408. The Hall–Kier alpha value is -1.39. The lowest BCUT2D eigenvalue weighted by Gasteiger charge is -2.15. The first-order valence-electron chi connectivity index (χ1n) is 5.94. The molecule has 2 aromatic rings. The summed E-state index contributed by atoms with van der Waals surface area (Å²) in [5, 5.41) is 0. The summed E-state index contributed by atoms with van der Waals surface area (Å²) in [4.78, 5) is 0. The number of para-hydroxylation sites is 1. The van der Waals surface area contributed by atoms with Crippen LogP contribution in [-0.4, -0.2) is 7.11 Å². The van der Waals surface area contributed by atoms with Gasteiger partial charge in [0.15, 0.2) is 0 Å². The van der Waals surface area contributed by atoms with Crippen LogP contribution in [-0.2, 0) is 6.42 Å². The van der Waals surface area contributed by atoms with Gasteiger partial charge in [-0.3, -0.25) is 0 Å². The van der Waals surface area contributed by atoms with Gasteiger partial charge in [-0.15, -0.1) is 0 Å². The first kappa shape index (κ1) is 14.0. The van der Waals surface area contributed by atoms with E-state index in [1.54, 1.807) is 19.2 Å². The van der Waals surface area contributed by atoms with Gasteiger partial charge in [-0.1, -0.05) is 34.1 Å². The first-order valence-corrected chi connectivity index (χ1v) is 6.73.